The average Bonchev–Trinajstić information content (AvgIpc) is 2.69. The Morgan fingerprint density at radius 1 is 1.00 bits per heavy atom. The molecule has 0 bridgehead atoms. The number of rotatable bonds is 8. The fourth-order valence-electron chi connectivity index (χ4n) is 2.71. The van der Waals surface area contributed by atoms with Gasteiger partial charge in [-0.25, -0.2) is 0 Å². The fraction of sp³-hybridized carbons (Fsp3) is 0.182. The molecule has 0 radical (unpaired) electrons. The van der Waals surface area contributed by atoms with Crippen molar-refractivity contribution in [2.24, 2.45) is 0 Å². The summed E-state index contributed by atoms with van der Waals surface area (Å²) < 4.78 is 6.98. The van der Waals surface area contributed by atoms with E-state index in [1.165, 1.54) is 0 Å². The van der Waals surface area contributed by atoms with E-state index in [-0.39, 0.29) is 0 Å². The van der Waals surface area contributed by atoms with Gasteiger partial charge in [-0.05, 0) is 41.5 Å². The molecule has 3 rings (SSSR count). The topological polar surface area (TPSA) is 41.5 Å². The van der Waals surface area contributed by atoms with Gasteiger partial charge in [0.15, 0.2) is 0 Å². The standard InChI is InChI=1S/C22H21BrClNO2/c23-19-8-11-22(27-15-16-6-9-20(24)10-7-16)18(12-19)13-25-14-21(26)17-4-2-1-3-5-17/h1-12,21,25-26H,13-15H2/t21-/m1/s1. The Morgan fingerprint density at radius 3 is 2.48 bits per heavy atom. The molecule has 0 aliphatic carbocycles. The van der Waals surface area contributed by atoms with Crippen molar-refractivity contribution in [1.82, 2.24) is 5.32 Å². The molecule has 0 fully saturated rings. The van der Waals surface area contributed by atoms with Crippen molar-refractivity contribution in [2.75, 3.05) is 6.54 Å². The summed E-state index contributed by atoms with van der Waals surface area (Å²) in [6, 6.07) is 23.2. The number of hydrogen-bond acceptors (Lipinski definition) is 3. The number of aliphatic hydroxyl groups is 1. The summed E-state index contributed by atoms with van der Waals surface area (Å²) in [5, 5.41) is 14.3. The minimum atomic E-state index is -0.545. The average molecular weight is 447 g/mol. The molecule has 0 aromatic heterocycles. The van der Waals surface area contributed by atoms with Gasteiger partial charge < -0.3 is 15.2 Å². The zero-order chi connectivity index (χ0) is 19.1. The van der Waals surface area contributed by atoms with Crippen LogP contribution in [0.15, 0.2) is 77.3 Å². The fourth-order valence-corrected chi connectivity index (χ4v) is 3.24. The van der Waals surface area contributed by atoms with Crippen molar-refractivity contribution in [3.63, 3.8) is 0 Å². The number of benzene rings is 3. The van der Waals surface area contributed by atoms with Crippen LogP contribution in [-0.2, 0) is 13.2 Å². The largest absolute Gasteiger partial charge is 0.489 e. The molecule has 3 aromatic carbocycles. The molecule has 140 valence electrons. The van der Waals surface area contributed by atoms with E-state index in [0.29, 0.717) is 24.7 Å². The lowest BCUT2D eigenvalue weighted by atomic mass is 10.1. The molecular weight excluding hydrogens is 426 g/mol. The van der Waals surface area contributed by atoms with Crippen LogP contribution in [0.4, 0.5) is 0 Å². The Hall–Kier alpha value is -1.85. The maximum atomic E-state index is 10.3. The van der Waals surface area contributed by atoms with Gasteiger partial charge in [0.05, 0.1) is 6.10 Å². The molecule has 3 nitrogen and oxygen atoms in total. The second-order valence-corrected chi connectivity index (χ2v) is 7.58. The first-order valence-electron chi connectivity index (χ1n) is 8.71. The molecule has 0 amide bonds. The molecule has 0 spiro atoms. The van der Waals surface area contributed by atoms with Crippen molar-refractivity contribution in [1.29, 1.82) is 0 Å². The first-order chi connectivity index (χ1) is 13.1. The lowest BCUT2D eigenvalue weighted by Crippen LogP contribution is -2.21. The van der Waals surface area contributed by atoms with E-state index in [9.17, 15) is 5.11 Å². The van der Waals surface area contributed by atoms with Gasteiger partial charge in [0.1, 0.15) is 12.4 Å². The van der Waals surface area contributed by atoms with Gasteiger partial charge in [-0.15, -0.1) is 0 Å². The van der Waals surface area contributed by atoms with E-state index in [1.54, 1.807) is 0 Å². The Bertz CT molecular complexity index is 856. The molecule has 0 aliphatic heterocycles. The van der Waals surface area contributed by atoms with E-state index >= 15 is 0 Å². The highest BCUT2D eigenvalue weighted by Crippen LogP contribution is 2.24. The molecule has 27 heavy (non-hydrogen) atoms. The van der Waals surface area contributed by atoms with Gasteiger partial charge in [-0.1, -0.05) is 70.0 Å². The summed E-state index contributed by atoms with van der Waals surface area (Å²) in [6.45, 7) is 1.53. The zero-order valence-electron chi connectivity index (χ0n) is 14.7. The third-order valence-electron chi connectivity index (χ3n) is 4.17. The smallest absolute Gasteiger partial charge is 0.124 e. The summed E-state index contributed by atoms with van der Waals surface area (Å²) in [5.41, 5.74) is 2.98. The number of aliphatic hydroxyl groups excluding tert-OH is 1. The SMILES string of the molecule is O[C@H](CNCc1cc(Br)ccc1OCc1ccc(Cl)cc1)c1ccccc1. The lowest BCUT2D eigenvalue weighted by molar-refractivity contribution is 0.174. The van der Waals surface area contributed by atoms with Crippen LogP contribution >= 0.6 is 27.5 Å². The number of ether oxygens (including phenoxy) is 1. The van der Waals surface area contributed by atoms with Gasteiger partial charge in [0, 0.05) is 28.1 Å². The summed E-state index contributed by atoms with van der Waals surface area (Å²) >= 11 is 9.43. The predicted molar refractivity (Wildman–Crippen MR) is 113 cm³/mol. The normalized spacial score (nSPS) is 12.0. The van der Waals surface area contributed by atoms with Crippen LogP contribution in [0, 0.1) is 0 Å². The summed E-state index contributed by atoms with van der Waals surface area (Å²) in [4.78, 5) is 0. The van der Waals surface area contributed by atoms with Crippen LogP contribution in [0.5, 0.6) is 5.75 Å². The molecule has 0 saturated carbocycles. The quantitative estimate of drug-likeness (QED) is 0.480. The molecule has 5 heteroatoms. The van der Waals surface area contributed by atoms with Crippen LogP contribution in [0.3, 0.4) is 0 Å². The Labute approximate surface area is 173 Å². The molecule has 0 aliphatic rings. The van der Waals surface area contributed by atoms with E-state index in [2.05, 4.69) is 21.2 Å². The van der Waals surface area contributed by atoms with Crippen LogP contribution in [-0.4, -0.2) is 11.7 Å². The van der Waals surface area contributed by atoms with Crippen LogP contribution < -0.4 is 10.1 Å². The van der Waals surface area contributed by atoms with Gasteiger partial charge >= 0.3 is 0 Å². The predicted octanol–water partition coefficient (Wildman–Crippen LogP) is 5.50. The van der Waals surface area contributed by atoms with E-state index in [1.807, 2.05) is 72.8 Å². The highest BCUT2D eigenvalue weighted by molar-refractivity contribution is 9.10. The van der Waals surface area contributed by atoms with Gasteiger partial charge in [-0.3, -0.25) is 0 Å². The first kappa shape index (κ1) is 19.9. The molecule has 2 N–H and O–H groups in total. The molecule has 1 atom stereocenters. The molecule has 0 saturated heterocycles. The Morgan fingerprint density at radius 2 is 1.74 bits per heavy atom. The highest BCUT2D eigenvalue weighted by atomic mass is 79.9. The van der Waals surface area contributed by atoms with E-state index in [4.69, 9.17) is 16.3 Å². The Balaban J connectivity index is 1.59. The van der Waals surface area contributed by atoms with Gasteiger partial charge in [-0.2, -0.15) is 0 Å². The van der Waals surface area contributed by atoms with Crippen molar-refractivity contribution < 1.29 is 9.84 Å². The number of halogens is 2. The molecular formula is C22H21BrClNO2. The molecule has 0 unspecified atom stereocenters. The number of hydrogen-bond donors (Lipinski definition) is 2. The van der Waals surface area contributed by atoms with Crippen LogP contribution in [0.2, 0.25) is 5.02 Å². The second kappa shape index (κ2) is 9.90. The maximum Gasteiger partial charge on any atom is 0.124 e. The highest BCUT2D eigenvalue weighted by Gasteiger charge is 2.09. The molecule has 3 aromatic rings. The monoisotopic (exact) mass is 445 g/mol. The lowest BCUT2D eigenvalue weighted by Gasteiger charge is -2.15. The molecule has 0 heterocycles. The third kappa shape index (κ3) is 6.08. The van der Waals surface area contributed by atoms with E-state index in [0.717, 1.165) is 26.9 Å². The van der Waals surface area contributed by atoms with Crippen LogP contribution in [0.1, 0.15) is 22.8 Å². The van der Waals surface area contributed by atoms with Gasteiger partial charge in [0.25, 0.3) is 0 Å². The zero-order valence-corrected chi connectivity index (χ0v) is 17.1. The number of nitrogens with one attached hydrogen (secondary N) is 1. The second-order valence-electron chi connectivity index (χ2n) is 6.22. The summed E-state index contributed by atoms with van der Waals surface area (Å²) in [5.74, 6) is 0.815. The minimum absolute atomic E-state index is 0.465. The summed E-state index contributed by atoms with van der Waals surface area (Å²) in [7, 11) is 0. The van der Waals surface area contributed by atoms with Crippen molar-refractivity contribution in [3.05, 3.63) is 99.0 Å². The van der Waals surface area contributed by atoms with E-state index < -0.39 is 6.10 Å². The maximum absolute atomic E-state index is 10.3. The van der Waals surface area contributed by atoms with Crippen molar-refractivity contribution >= 4 is 27.5 Å². The third-order valence-corrected chi connectivity index (χ3v) is 4.91. The minimum Gasteiger partial charge on any atom is -0.489 e. The Kier molecular flexibility index (Phi) is 7.30. The van der Waals surface area contributed by atoms with Crippen molar-refractivity contribution in [2.45, 2.75) is 19.3 Å². The first-order valence-corrected chi connectivity index (χ1v) is 9.88. The van der Waals surface area contributed by atoms with Crippen LogP contribution in [0.25, 0.3) is 0 Å². The summed E-state index contributed by atoms with van der Waals surface area (Å²) in [6.07, 6.45) is -0.545. The van der Waals surface area contributed by atoms with Gasteiger partial charge in [0.2, 0.25) is 0 Å². The van der Waals surface area contributed by atoms with Crippen molar-refractivity contribution in [3.8, 4) is 5.75 Å².